The summed E-state index contributed by atoms with van der Waals surface area (Å²) in [6, 6.07) is 4.09. The van der Waals surface area contributed by atoms with Crippen LogP contribution in [0.5, 0.6) is 0 Å². The Hall–Kier alpha value is -1.05. The van der Waals surface area contributed by atoms with Gasteiger partial charge in [-0.15, -0.1) is 0 Å². The molecular weight excluding hydrogens is 160 g/mol. The smallest absolute Gasteiger partial charge is 0.0394 e. The topological polar surface area (TPSA) is 16.1 Å². The average molecular weight is 178 g/mol. The van der Waals surface area contributed by atoms with Crippen LogP contribution in [0.15, 0.2) is 24.5 Å². The van der Waals surface area contributed by atoms with Gasteiger partial charge in [0.2, 0.25) is 0 Å². The molecule has 0 bridgehead atoms. The minimum absolute atomic E-state index is 0.748. The predicted octanol–water partition coefficient (Wildman–Crippen LogP) is 2.56. The van der Waals surface area contributed by atoms with E-state index in [9.17, 15) is 0 Å². The molecule has 0 radical (unpaired) electrons. The fourth-order valence-corrected chi connectivity index (χ4v) is 1.30. The van der Waals surface area contributed by atoms with Crippen LogP contribution >= 0.6 is 0 Å². The van der Waals surface area contributed by atoms with Gasteiger partial charge in [-0.2, -0.15) is 0 Å². The van der Waals surface area contributed by atoms with Crippen LogP contribution in [0.1, 0.15) is 20.3 Å². The number of aromatic nitrogens is 1. The van der Waals surface area contributed by atoms with E-state index in [1.165, 1.54) is 12.1 Å². The first-order chi connectivity index (χ1) is 6.24. The van der Waals surface area contributed by atoms with Gasteiger partial charge in [-0.1, -0.05) is 20.3 Å². The highest BCUT2D eigenvalue weighted by molar-refractivity contribution is 5.43. The maximum Gasteiger partial charge on any atom is 0.0394 e. The highest BCUT2D eigenvalue weighted by Gasteiger charge is 2.04. The molecule has 72 valence electrons. The lowest BCUT2D eigenvalue weighted by Gasteiger charge is -2.22. The molecule has 0 aliphatic rings. The van der Waals surface area contributed by atoms with E-state index in [1.54, 1.807) is 0 Å². The summed E-state index contributed by atoms with van der Waals surface area (Å²) < 4.78 is 0. The van der Waals surface area contributed by atoms with Crippen molar-refractivity contribution in [1.82, 2.24) is 4.98 Å². The molecule has 1 heterocycles. The van der Waals surface area contributed by atoms with E-state index in [0.717, 1.165) is 12.5 Å². The second-order valence-electron chi connectivity index (χ2n) is 3.60. The standard InChI is InChI=1S/C11H18N2/c1-4-10(2)9-13(3)11-5-7-12-8-6-11/h5-8,10H,4,9H2,1-3H3/t10-/m1/s1. The van der Waals surface area contributed by atoms with E-state index in [1.807, 2.05) is 24.5 Å². The molecule has 0 amide bonds. The zero-order valence-electron chi connectivity index (χ0n) is 8.70. The largest absolute Gasteiger partial charge is 0.374 e. The minimum atomic E-state index is 0.748. The van der Waals surface area contributed by atoms with E-state index >= 15 is 0 Å². The number of pyridine rings is 1. The van der Waals surface area contributed by atoms with Gasteiger partial charge in [-0.05, 0) is 18.1 Å². The normalized spacial score (nSPS) is 12.5. The van der Waals surface area contributed by atoms with Crippen molar-refractivity contribution in [2.75, 3.05) is 18.5 Å². The molecule has 2 heteroatoms. The molecule has 0 fully saturated rings. The van der Waals surface area contributed by atoms with Crippen LogP contribution in [0.3, 0.4) is 0 Å². The molecule has 0 saturated heterocycles. The summed E-state index contributed by atoms with van der Waals surface area (Å²) in [6.45, 7) is 5.61. The molecule has 0 unspecified atom stereocenters. The zero-order chi connectivity index (χ0) is 9.68. The Morgan fingerprint density at radius 1 is 1.38 bits per heavy atom. The third-order valence-electron chi connectivity index (χ3n) is 2.39. The quantitative estimate of drug-likeness (QED) is 0.704. The van der Waals surface area contributed by atoms with Crippen LogP contribution in [0, 0.1) is 5.92 Å². The lowest BCUT2D eigenvalue weighted by atomic mass is 10.1. The van der Waals surface area contributed by atoms with Crippen molar-refractivity contribution in [3.63, 3.8) is 0 Å². The predicted molar refractivity (Wildman–Crippen MR) is 57.0 cm³/mol. The van der Waals surface area contributed by atoms with Crippen LogP contribution in [-0.4, -0.2) is 18.6 Å². The van der Waals surface area contributed by atoms with E-state index in [4.69, 9.17) is 0 Å². The van der Waals surface area contributed by atoms with E-state index < -0.39 is 0 Å². The van der Waals surface area contributed by atoms with E-state index in [2.05, 4.69) is 30.8 Å². The summed E-state index contributed by atoms with van der Waals surface area (Å²) in [5, 5.41) is 0. The van der Waals surface area contributed by atoms with Crippen LogP contribution < -0.4 is 4.90 Å². The van der Waals surface area contributed by atoms with Gasteiger partial charge in [0.1, 0.15) is 0 Å². The van der Waals surface area contributed by atoms with Crippen molar-refractivity contribution in [1.29, 1.82) is 0 Å². The molecule has 0 N–H and O–H groups in total. The number of nitrogens with zero attached hydrogens (tertiary/aromatic N) is 2. The van der Waals surface area contributed by atoms with Crippen LogP contribution in [-0.2, 0) is 0 Å². The molecule has 13 heavy (non-hydrogen) atoms. The highest BCUT2D eigenvalue weighted by Crippen LogP contribution is 2.12. The monoisotopic (exact) mass is 178 g/mol. The van der Waals surface area contributed by atoms with Crippen LogP contribution in [0.2, 0.25) is 0 Å². The van der Waals surface area contributed by atoms with Gasteiger partial charge in [0, 0.05) is 31.7 Å². The molecule has 0 aliphatic heterocycles. The van der Waals surface area contributed by atoms with Crippen molar-refractivity contribution in [3.05, 3.63) is 24.5 Å². The maximum atomic E-state index is 4.00. The van der Waals surface area contributed by atoms with Gasteiger partial charge >= 0.3 is 0 Å². The van der Waals surface area contributed by atoms with Crippen LogP contribution in [0.4, 0.5) is 5.69 Å². The van der Waals surface area contributed by atoms with Crippen molar-refractivity contribution in [2.24, 2.45) is 5.92 Å². The van der Waals surface area contributed by atoms with Crippen LogP contribution in [0.25, 0.3) is 0 Å². The molecule has 0 spiro atoms. The molecule has 2 nitrogen and oxygen atoms in total. The SMILES string of the molecule is CC[C@@H](C)CN(C)c1ccncc1. The van der Waals surface area contributed by atoms with Crippen molar-refractivity contribution in [2.45, 2.75) is 20.3 Å². The molecule has 1 aromatic heterocycles. The van der Waals surface area contributed by atoms with Crippen molar-refractivity contribution in [3.8, 4) is 0 Å². The van der Waals surface area contributed by atoms with Gasteiger partial charge in [0.15, 0.2) is 0 Å². The van der Waals surface area contributed by atoms with Gasteiger partial charge in [0.05, 0.1) is 0 Å². The number of rotatable bonds is 4. The second-order valence-corrected chi connectivity index (χ2v) is 3.60. The Labute approximate surface area is 80.6 Å². The van der Waals surface area contributed by atoms with Gasteiger partial charge < -0.3 is 4.90 Å². The third-order valence-corrected chi connectivity index (χ3v) is 2.39. The molecule has 0 aliphatic carbocycles. The molecule has 0 aromatic carbocycles. The number of hydrogen-bond acceptors (Lipinski definition) is 2. The van der Waals surface area contributed by atoms with Crippen molar-refractivity contribution < 1.29 is 0 Å². The summed E-state index contributed by atoms with van der Waals surface area (Å²) in [4.78, 5) is 6.27. The lowest BCUT2D eigenvalue weighted by molar-refractivity contribution is 0.560. The fourth-order valence-electron chi connectivity index (χ4n) is 1.30. The summed E-state index contributed by atoms with van der Waals surface area (Å²) >= 11 is 0. The molecule has 1 rings (SSSR count). The summed E-state index contributed by atoms with van der Waals surface area (Å²) in [6.07, 6.45) is 4.90. The molecule has 1 aromatic rings. The van der Waals surface area contributed by atoms with Gasteiger partial charge in [0.25, 0.3) is 0 Å². The Morgan fingerprint density at radius 3 is 2.54 bits per heavy atom. The maximum absolute atomic E-state index is 4.00. The first kappa shape index (κ1) is 10.0. The third kappa shape index (κ3) is 3.05. The van der Waals surface area contributed by atoms with E-state index in [0.29, 0.717) is 0 Å². The summed E-state index contributed by atoms with van der Waals surface area (Å²) in [5.41, 5.74) is 1.25. The highest BCUT2D eigenvalue weighted by atomic mass is 15.1. The molecule has 0 saturated carbocycles. The summed E-state index contributed by atoms with van der Waals surface area (Å²) in [7, 11) is 2.13. The first-order valence-corrected chi connectivity index (χ1v) is 4.85. The molecular formula is C11H18N2. The second kappa shape index (κ2) is 4.85. The fraction of sp³-hybridized carbons (Fsp3) is 0.545. The van der Waals surface area contributed by atoms with Crippen molar-refractivity contribution >= 4 is 5.69 Å². The number of hydrogen-bond donors (Lipinski definition) is 0. The Kier molecular flexibility index (Phi) is 3.74. The first-order valence-electron chi connectivity index (χ1n) is 4.85. The Balaban J connectivity index is 2.53. The Morgan fingerprint density at radius 2 is 2.00 bits per heavy atom. The van der Waals surface area contributed by atoms with Gasteiger partial charge in [-0.3, -0.25) is 4.98 Å². The lowest BCUT2D eigenvalue weighted by Crippen LogP contribution is -2.23. The van der Waals surface area contributed by atoms with Gasteiger partial charge in [-0.25, -0.2) is 0 Å². The molecule has 1 atom stereocenters. The minimum Gasteiger partial charge on any atom is -0.374 e. The average Bonchev–Trinajstić information content (AvgIpc) is 2.19. The van der Waals surface area contributed by atoms with E-state index in [-0.39, 0.29) is 0 Å². The number of anilines is 1. The summed E-state index contributed by atoms with van der Waals surface area (Å²) in [5.74, 6) is 0.748. The zero-order valence-corrected chi connectivity index (χ0v) is 8.70. The Bertz CT molecular complexity index is 233.